The summed E-state index contributed by atoms with van der Waals surface area (Å²) < 4.78 is 0. The quantitative estimate of drug-likeness (QED) is 0.440. The van der Waals surface area contributed by atoms with Gasteiger partial charge in [0, 0.05) is 6.07 Å². The van der Waals surface area contributed by atoms with Crippen molar-refractivity contribution in [3.63, 3.8) is 0 Å². The van der Waals surface area contributed by atoms with E-state index < -0.39 is 10.8 Å². The largest absolute Gasteiger partial charge is 0.384 e. The van der Waals surface area contributed by atoms with Crippen LogP contribution in [0.4, 0.5) is 11.5 Å². The molecule has 0 atom stereocenters. The van der Waals surface area contributed by atoms with Crippen molar-refractivity contribution in [2.45, 2.75) is 0 Å². The third-order valence-electron chi connectivity index (χ3n) is 2.41. The Balaban J connectivity index is 2.13. The first kappa shape index (κ1) is 14.2. The molecule has 8 nitrogen and oxygen atoms in total. The average molecular weight is 286 g/mol. The second kappa shape index (κ2) is 6.31. The molecule has 21 heavy (non-hydrogen) atoms. The number of nitro groups is 1. The molecule has 8 heteroatoms. The van der Waals surface area contributed by atoms with E-state index in [1.165, 1.54) is 0 Å². The molecule has 106 valence electrons. The number of carbonyl (C=O) groups is 1. The highest BCUT2D eigenvalue weighted by Crippen LogP contribution is 2.13. The fraction of sp³-hybridized carbons (Fsp3) is 0.0769. The van der Waals surface area contributed by atoms with Gasteiger partial charge in [-0.25, -0.2) is 4.98 Å². The number of hydrogen-bond donors (Lipinski definition) is 3. The van der Waals surface area contributed by atoms with E-state index in [9.17, 15) is 14.9 Å². The number of hydrogen-bond acceptors (Lipinski definition) is 5. The van der Waals surface area contributed by atoms with E-state index in [-0.39, 0.29) is 23.8 Å². The van der Waals surface area contributed by atoms with Crippen LogP contribution in [0.15, 0.2) is 30.5 Å². The standard InChI is InChI=1S/C13H10N4O4/c18-6-2-4-9-3-1-5-12(15-9)16-13(19)11-7-10(8-14-11)17(20)21/h1,3,5,7-8,14,18H,6H2,(H,15,16,19). The van der Waals surface area contributed by atoms with Crippen molar-refractivity contribution in [3.05, 3.63) is 52.0 Å². The van der Waals surface area contributed by atoms with Gasteiger partial charge in [-0.1, -0.05) is 12.0 Å². The molecule has 2 rings (SSSR count). The molecule has 0 unspecified atom stereocenters. The van der Waals surface area contributed by atoms with Crippen LogP contribution in [0.3, 0.4) is 0 Å². The van der Waals surface area contributed by atoms with Crippen LogP contribution in [0, 0.1) is 22.0 Å². The van der Waals surface area contributed by atoms with Gasteiger partial charge in [-0.3, -0.25) is 14.9 Å². The Kier molecular flexibility index (Phi) is 4.28. The first-order chi connectivity index (χ1) is 10.1. The predicted molar refractivity (Wildman–Crippen MR) is 73.6 cm³/mol. The molecular weight excluding hydrogens is 276 g/mol. The highest BCUT2D eigenvalue weighted by atomic mass is 16.6. The summed E-state index contributed by atoms with van der Waals surface area (Å²) in [6, 6.07) is 5.95. The van der Waals surface area contributed by atoms with Crippen LogP contribution in [-0.2, 0) is 0 Å². The maximum atomic E-state index is 11.9. The van der Waals surface area contributed by atoms with Crippen molar-refractivity contribution in [2.75, 3.05) is 11.9 Å². The maximum absolute atomic E-state index is 11.9. The number of rotatable bonds is 3. The van der Waals surface area contributed by atoms with Crippen LogP contribution in [0.2, 0.25) is 0 Å². The normalized spacial score (nSPS) is 9.57. The lowest BCUT2D eigenvalue weighted by Crippen LogP contribution is -2.13. The van der Waals surface area contributed by atoms with Crippen molar-refractivity contribution < 1.29 is 14.8 Å². The lowest BCUT2D eigenvalue weighted by Gasteiger charge is -2.02. The number of aromatic amines is 1. The minimum absolute atomic E-state index is 0.0512. The van der Waals surface area contributed by atoms with Crippen LogP contribution < -0.4 is 5.32 Å². The Morgan fingerprint density at radius 3 is 3.00 bits per heavy atom. The molecule has 2 heterocycles. The molecule has 2 aromatic rings. The van der Waals surface area contributed by atoms with Crippen molar-refractivity contribution in [1.82, 2.24) is 9.97 Å². The number of anilines is 1. The summed E-state index contributed by atoms with van der Waals surface area (Å²) in [5.41, 5.74) is 0.241. The van der Waals surface area contributed by atoms with Crippen LogP contribution in [0.1, 0.15) is 16.2 Å². The molecule has 0 saturated carbocycles. The minimum atomic E-state index is -0.601. The Bertz CT molecular complexity index is 742. The van der Waals surface area contributed by atoms with Crippen LogP contribution in [0.25, 0.3) is 0 Å². The number of nitrogens with zero attached hydrogens (tertiary/aromatic N) is 2. The SMILES string of the molecule is O=C(Nc1cccc(C#CCO)n1)c1cc([N+](=O)[O-])c[nH]1. The summed E-state index contributed by atoms with van der Waals surface area (Å²) >= 11 is 0. The third kappa shape index (κ3) is 3.65. The number of aromatic nitrogens is 2. The molecule has 0 aliphatic carbocycles. The topological polar surface area (TPSA) is 121 Å². The summed E-state index contributed by atoms with van der Waals surface area (Å²) in [4.78, 5) is 28.4. The molecule has 0 fully saturated rings. The average Bonchev–Trinajstić information content (AvgIpc) is 2.95. The highest BCUT2D eigenvalue weighted by Gasteiger charge is 2.14. The Hall–Kier alpha value is -3.18. The van der Waals surface area contributed by atoms with Gasteiger partial charge in [0.2, 0.25) is 0 Å². The van der Waals surface area contributed by atoms with Crippen molar-refractivity contribution >= 4 is 17.4 Å². The fourth-order valence-corrected chi connectivity index (χ4v) is 1.51. The van der Waals surface area contributed by atoms with Gasteiger partial charge in [0.15, 0.2) is 0 Å². The lowest BCUT2D eigenvalue weighted by atomic mass is 10.3. The van der Waals surface area contributed by atoms with E-state index in [1.807, 2.05) is 0 Å². The van der Waals surface area contributed by atoms with Gasteiger partial charge in [-0.2, -0.15) is 0 Å². The number of nitrogens with one attached hydrogen (secondary N) is 2. The summed E-state index contributed by atoms with van der Waals surface area (Å²) in [5.74, 6) is 4.75. The number of aliphatic hydroxyl groups is 1. The molecular formula is C13H10N4O4. The third-order valence-corrected chi connectivity index (χ3v) is 2.41. The monoisotopic (exact) mass is 286 g/mol. The summed E-state index contributed by atoms with van der Waals surface area (Å²) in [6.45, 7) is -0.287. The number of amides is 1. The predicted octanol–water partition coefficient (Wildman–Crippen LogP) is 0.914. The second-order valence-corrected chi connectivity index (χ2v) is 3.85. The van der Waals surface area contributed by atoms with Gasteiger partial charge in [-0.05, 0) is 18.1 Å². The maximum Gasteiger partial charge on any atom is 0.287 e. The van der Waals surface area contributed by atoms with Crippen molar-refractivity contribution in [2.24, 2.45) is 0 Å². The molecule has 0 aliphatic heterocycles. The molecule has 0 bridgehead atoms. The molecule has 1 amide bonds. The lowest BCUT2D eigenvalue weighted by molar-refractivity contribution is -0.384. The van der Waals surface area contributed by atoms with Crippen LogP contribution >= 0.6 is 0 Å². The molecule has 0 saturated heterocycles. The van der Waals surface area contributed by atoms with Gasteiger partial charge in [0.1, 0.15) is 23.8 Å². The smallest absolute Gasteiger partial charge is 0.287 e. The summed E-state index contributed by atoms with van der Waals surface area (Å²) in [6.07, 6.45) is 1.13. The van der Waals surface area contributed by atoms with Gasteiger partial charge in [-0.15, -0.1) is 0 Å². The zero-order valence-electron chi connectivity index (χ0n) is 10.7. The van der Waals surface area contributed by atoms with Crippen molar-refractivity contribution in [1.29, 1.82) is 0 Å². The van der Waals surface area contributed by atoms with Gasteiger partial charge >= 0.3 is 0 Å². The number of pyridine rings is 1. The first-order valence-electron chi connectivity index (χ1n) is 5.81. The first-order valence-corrected chi connectivity index (χ1v) is 5.81. The Morgan fingerprint density at radius 1 is 1.52 bits per heavy atom. The number of aliphatic hydroxyl groups excluding tert-OH is 1. The molecule has 3 N–H and O–H groups in total. The summed E-state index contributed by atoms with van der Waals surface area (Å²) in [7, 11) is 0. The zero-order chi connectivity index (χ0) is 15.2. The van der Waals surface area contributed by atoms with E-state index in [4.69, 9.17) is 5.11 Å². The van der Waals surface area contributed by atoms with E-state index in [0.29, 0.717) is 5.69 Å². The van der Waals surface area contributed by atoms with E-state index in [2.05, 4.69) is 27.1 Å². The Morgan fingerprint density at radius 2 is 2.33 bits per heavy atom. The van der Waals surface area contributed by atoms with Crippen LogP contribution in [0.5, 0.6) is 0 Å². The Labute approximate surface area is 119 Å². The van der Waals surface area contributed by atoms with Crippen molar-refractivity contribution in [3.8, 4) is 11.8 Å². The van der Waals surface area contributed by atoms with E-state index in [1.54, 1.807) is 18.2 Å². The second-order valence-electron chi connectivity index (χ2n) is 3.85. The van der Waals surface area contributed by atoms with E-state index in [0.717, 1.165) is 12.3 Å². The molecule has 0 radical (unpaired) electrons. The molecule has 0 aromatic carbocycles. The fourth-order valence-electron chi connectivity index (χ4n) is 1.51. The summed E-state index contributed by atoms with van der Waals surface area (Å²) in [5, 5.41) is 21.6. The van der Waals surface area contributed by atoms with Gasteiger partial charge < -0.3 is 15.4 Å². The van der Waals surface area contributed by atoms with E-state index >= 15 is 0 Å². The minimum Gasteiger partial charge on any atom is -0.384 e. The number of H-pyrrole nitrogens is 1. The van der Waals surface area contributed by atoms with Gasteiger partial charge in [0.05, 0.1) is 11.1 Å². The van der Waals surface area contributed by atoms with Crippen LogP contribution in [-0.4, -0.2) is 32.5 Å². The molecule has 2 aromatic heterocycles. The molecule has 0 aliphatic rings. The van der Waals surface area contributed by atoms with Gasteiger partial charge in [0.25, 0.3) is 11.6 Å². The zero-order valence-corrected chi connectivity index (χ0v) is 10.7. The molecule has 0 spiro atoms. The highest BCUT2D eigenvalue weighted by molar-refractivity contribution is 6.02. The number of carbonyl (C=O) groups excluding carboxylic acids is 1.